The number of rotatable bonds is 6. The zero-order valence-electron chi connectivity index (χ0n) is 10.5. The van der Waals surface area contributed by atoms with Crippen LogP contribution in [0.3, 0.4) is 0 Å². The molecule has 1 atom stereocenters. The third-order valence-electron chi connectivity index (χ3n) is 3.48. The zero-order chi connectivity index (χ0) is 14.0. The Morgan fingerprint density at radius 2 is 2.00 bits per heavy atom. The van der Waals surface area contributed by atoms with Gasteiger partial charge >= 0.3 is 0 Å². The van der Waals surface area contributed by atoms with Gasteiger partial charge in [-0.3, -0.25) is 20.2 Å². The molecule has 0 aliphatic heterocycles. The molecule has 1 aliphatic rings. The summed E-state index contributed by atoms with van der Waals surface area (Å²) in [4.78, 5) is 20.5. The number of non-ortho nitro benzene ring substituents is 1. The van der Waals surface area contributed by atoms with Crippen molar-refractivity contribution in [2.45, 2.75) is 25.3 Å². The molecular weight excluding hydrogens is 250 g/mol. The van der Waals surface area contributed by atoms with E-state index in [0.29, 0.717) is 17.9 Å². The first-order valence-corrected chi connectivity index (χ1v) is 6.12. The third-order valence-corrected chi connectivity index (χ3v) is 3.48. The second-order valence-corrected chi connectivity index (χ2v) is 4.76. The molecule has 0 spiro atoms. The van der Waals surface area contributed by atoms with Crippen LogP contribution in [0.5, 0.6) is 0 Å². The van der Waals surface area contributed by atoms with Crippen molar-refractivity contribution in [1.29, 1.82) is 0 Å². The summed E-state index contributed by atoms with van der Waals surface area (Å²) in [5.41, 5.74) is 0.125. The van der Waals surface area contributed by atoms with Crippen LogP contribution in [0.4, 0.5) is 11.4 Å². The number of likely N-dealkylation sites (N-methyl/N-ethyl adjacent to an activating group) is 1. The minimum Gasteiger partial charge on any atom is -0.316 e. The molecule has 7 nitrogen and oxygen atoms in total. The van der Waals surface area contributed by atoms with Gasteiger partial charge in [0.05, 0.1) is 15.9 Å². The number of nitrogens with zero attached hydrogens (tertiary/aromatic N) is 2. The highest BCUT2D eigenvalue weighted by atomic mass is 16.6. The Labute approximate surface area is 109 Å². The Morgan fingerprint density at radius 3 is 2.47 bits per heavy atom. The molecule has 2 rings (SSSR count). The molecule has 1 aliphatic carbocycles. The van der Waals surface area contributed by atoms with Crippen molar-refractivity contribution in [2.24, 2.45) is 5.92 Å². The van der Waals surface area contributed by atoms with Gasteiger partial charge in [0.15, 0.2) is 0 Å². The number of nitro groups is 2. The predicted molar refractivity (Wildman–Crippen MR) is 69.0 cm³/mol. The van der Waals surface area contributed by atoms with E-state index in [1.807, 2.05) is 7.05 Å². The van der Waals surface area contributed by atoms with Crippen LogP contribution in [0, 0.1) is 26.1 Å². The van der Waals surface area contributed by atoms with Crippen molar-refractivity contribution in [2.75, 3.05) is 7.05 Å². The molecule has 1 fully saturated rings. The Kier molecular flexibility index (Phi) is 3.75. The van der Waals surface area contributed by atoms with E-state index in [2.05, 4.69) is 5.32 Å². The first kappa shape index (κ1) is 13.4. The third kappa shape index (κ3) is 3.05. The van der Waals surface area contributed by atoms with Crippen LogP contribution in [0.1, 0.15) is 18.4 Å². The van der Waals surface area contributed by atoms with E-state index >= 15 is 0 Å². The molecule has 19 heavy (non-hydrogen) atoms. The van der Waals surface area contributed by atoms with E-state index in [0.717, 1.165) is 18.9 Å². The van der Waals surface area contributed by atoms with E-state index in [9.17, 15) is 20.2 Å². The predicted octanol–water partition coefficient (Wildman–Crippen LogP) is 2.04. The maximum Gasteiger partial charge on any atom is 0.279 e. The molecule has 0 aromatic heterocycles. The number of hydrogen-bond donors (Lipinski definition) is 1. The van der Waals surface area contributed by atoms with Crippen LogP contribution < -0.4 is 5.32 Å². The highest BCUT2D eigenvalue weighted by molar-refractivity contribution is 5.49. The van der Waals surface area contributed by atoms with Gasteiger partial charge in [-0.2, -0.15) is 0 Å². The minimum absolute atomic E-state index is 0.171. The van der Waals surface area contributed by atoms with Gasteiger partial charge < -0.3 is 5.32 Å². The molecule has 0 radical (unpaired) electrons. The van der Waals surface area contributed by atoms with Gasteiger partial charge in [-0.05, 0) is 38.3 Å². The molecule has 102 valence electrons. The van der Waals surface area contributed by atoms with Crippen molar-refractivity contribution >= 4 is 11.4 Å². The molecule has 0 heterocycles. The summed E-state index contributed by atoms with van der Waals surface area (Å²) in [7, 11) is 1.83. The summed E-state index contributed by atoms with van der Waals surface area (Å²) in [6.45, 7) is 0. The van der Waals surface area contributed by atoms with Crippen LogP contribution in [0.15, 0.2) is 18.2 Å². The molecule has 1 saturated carbocycles. The summed E-state index contributed by atoms with van der Waals surface area (Å²) in [5, 5.41) is 24.8. The molecule has 7 heteroatoms. The van der Waals surface area contributed by atoms with E-state index in [4.69, 9.17) is 0 Å². The fourth-order valence-corrected chi connectivity index (χ4v) is 2.25. The van der Waals surface area contributed by atoms with Gasteiger partial charge in [-0.25, -0.2) is 0 Å². The van der Waals surface area contributed by atoms with Crippen molar-refractivity contribution in [1.82, 2.24) is 5.32 Å². The summed E-state index contributed by atoms with van der Waals surface area (Å²) >= 11 is 0. The Bertz CT molecular complexity index is 514. The fourth-order valence-electron chi connectivity index (χ4n) is 2.25. The van der Waals surface area contributed by atoms with Crippen LogP contribution >= 0.6 is 0 Å². The normalized spacial score (nSPS) is 16.1. The molecule has 0 saturated heterocycles. The smallest absolute Gasteiger partial charge is 0.279 e. The maximum absolute atomic E-state index is 11.0. The van der Waals surface area contributed by atoms with Gasteiger partial charge in [0.2, 0.25) is 0 Å². The summed E-state index contributed by atoms with van der Waals surface area (Å²) in [5.74, 6) is 0.555. The summed E-state index contributed by atoms with van der Waals surface area (Å²) < 4.78 is 0. The first-order valence-electron chi connectivity index (χ1n) is 6.12. The molecule has 1 aromatic rings. The second kappa shape index (κ2) is 5.31. The molecule has 0 amide bonds. The van der Waals surface area contributed by atoms with E-state index in [-0.39, 0.29) is 17.4 Å². The lowest BCUT2D eigenvalue weighted by Crippen LogP contribution is -2.29. The van der Waals surface area contributed by atoms with Crippen LogP contribution in [0.25, 0.3) is 0 Å². The summed E-state index contributed by atoms with van der Waals surface area (Å²) in [6.07, 6.45) is 2.79. The highest BCUT2D eigenvalue weighted by Crippen LogP contribution is 2.35. The molecule has 1 unspecified atom stereocenters. The van der Waals surface area contributed by atoms with Crippen LogP contribution in [-0.4, -0.2) is 22.9 Å². The van der Waals surface area contributed by atoms with E-state index in [1.165, 1.54) is 12.1 Å². The van der Waals surface area contributed by atoms with Crippen molar-refractivity contribution < 1.29 is 9.85 Å². The van der Waals surface area contributed by atoms with Crippen LogP contribution in [-0.2, 0) is 6.42 Å². The second-order valence-electron chi connectivity index (χ2n) is 4.76. The fraction of sp³-hybridized carbons (Fsp3) is 0.500. The number of hydrogen-bond acceptors (Lipinski definition) is 5. The zero-order valence-corrected chi connectivity index (χ0v) is 10.5. The molecule has 0 bridgehead atoms. The lowest BCUT2D eigenvalue weighted by molar-refractivity contribution is -0.394. The quantitative estimate of drug-likeness (QED) is 0.626. The Hall–Kier alpha value is -2.02. The largest absolute Gasteiger partial charge is 0.316 e. The Balaban J connectivity index is 2.28. The van der Waals surface area contributed by atoms with Crippen molar-refractivity contribution in [3.05, 3.63) is 44.0 Å². The number of nitro benzene ring substituents is 2. The summed E-state index contributed by atoms with van der Waals surface area (Å²) in [6, 6.07) is 4.04. The molecular formula is C12H15N3O4. The van der Waals surface area contributed by atoms with Gasteiger partial charge in [-0.15, -0.1) is 0 Å². The van der Waals surface area contributed by atoms with Gasteiger partial charge in [0.25, 0.3) is 11.4 Å². The standard InChI is InChI=1S/C12H15N3O4/c1-13-11(8-2-3-8)6-9-4-5-10(14(16)17)7-12(9)15(18)19/h4-5,7-8,11,13H,2-3,6H2,1H3. The lowest BCUT2D eigenvalue weighted by Gasteiger charge is -2.15. The lowest BCUT2D eigenvalue weighted by atomic mass is 10.0. The maximum atomic E-state index is 11.0. The molecule has 1 aromatic carbocycles. The minimum atomic E-state index is -0.618. The van der Waals surface area contributed by atoms with Gasteiger partial charge in [0.1, 0.15) is 0 Å². The molecule has 1 N–H and O–H groups in total. The monoisotopic (exact) mass is 265 g/mol. The van der Waals surface area contributed by atoms with Gasteiger partial charge in [-0.1, -0.05) is 0 Å². The average Bonchev–Trinajstić information content (AvgIpc) is 3.19. The number of nitrogens with one attached hydrogen (secondary N) is 1. The topological polar surface area (TPSA) is 98.3 Å². The Morgan fingerprint density at radius 1 is 1.32 bits per heavy atom. The van der Waals surface area contributed by atoms with Crippen molar-refractivity contribution in [3.8, 4) is 0 Å². The van der Waals surface area contributed by atoms with Gasteiger partial charge in [0, 0.05) is 17.7 Å². The van der Waals surface area contributed by atoms with E-state index in [1.54, 1.807) is 0 Å². The average molecular weight is 265 g/mol. The first-order chi connectivity index (χ1) is 9.02. The SMILES string of the molecule is CNC(Cc1ccc([N+](=O)[O-])cc1[N+](=O)[O-])C1CC1. The van der Waals surface area contributed by atoms with Crippen LogP contribution in [0.2, 0.25) is 0 Å². The van der Waals surface area contributed by atoms with Crippen molar-refractivity contribution in [3.63, 3.8) is 0 Å². The van der Waals surface area contributed by atoms with E-state index < -0.39 is 9.85 Å². The highest BCUT2D eigenvalue weighted by Gasteiger charge is 2.32. The number of benzene rings is 1.